The summed E-state index contributed by atoms with van der Waals surface area (Å²) in [6.07, 6.45) is 5.60. The molecule has 7 heteroatoms. The van der Waals surface area contributed by atoms with Crippen LogP contribution in [-0.2, 0) is 5.41 Å². The lowest BCUT2D eigenvalue weighted by Crippen LogP contribution is -2.49. The molecule has 0 N–H and O–H groups in total. The average Bonchev–Trinajstić information content (AvgIpc) is 3.16. The highest BCUT2D eigenvalue weighted by Crippen LogP contribution is 2.45. The van der Waals surface area contributed by atoms with Gasteiger partial charge in [0.05, 0.1) is 16.1 Å². The van der Waals surface area contributed by atoms with Gasteiger partial charge < -0.3 is 9.42 Å². The number of aryl methyl sites for hydroxylation is 3. The molecule has 25 heavy (non-hydrogen) atoms. The van der Waals surface area contributed by atoms with E-state index in [4.69, 9.17) is 4.52 Å². The third-order valence-corrected chi connectivity index (χ3v) is 6.40. The minimum absolute atomic E-state index is 0.100. The second kappa shape index (κ2) is 6.20. The van der Waals surface area contributed by atoms with Crippen LogP contribution < -0.4 is 0 Å². The van der Waals surface area contributed by atoms with Gasteiger partial charge in [-0.15, -0.1) is 11.3 Å². The molecule has 1 aliphatic heterocycles. The van der Waals surface area contributed by atoms with Crippen molar-refractivity contribution < 1.29 is 9.32 Å². The number of thiazole rings is 1. The van der Waals surface area contributed by atoms with E-state index >= 15 is 0 Å². The van der Waals surface area contributed by atoms with Gasteiger partial charge in [0.25, 0.3) is 5.91 Å². The molecule has 134 valence electrons. The normalized spacial score (nSPS) is 23.9. The molecule has 4 rings (SSSR count). The molecule has 0 spiro atoms. The zero-order valence-corrected chi connectivity index (χ0v) is 15.9. The highest BCUT2D eigenvalue weighted by Gasteiger charge is 2.46. The Labute approximate surface area is 151 Å². The lowest BCUT2D eigenvalue weighted by molar-refractivity contribution is 0.0611. The van der Waals surface area contributed by atoms with E-state index in [1.165, 1.54) is 24.2 Å². The zero-order chi connectivity index (χ0) is 17.6. The maximum atomic E-state index is 13.1. The quantitative estimate of drug-likeness (QED) is 0.835. The number of hydrogen-bond donors (Lipinski definition) is 0. The van der Waals surface area contributed by atoms with E-state index in [0.29, 0.717) is 12.4 Å². The Morgan fingerprint density at radius 2 is 2.12 bits per heavy atom. The third-order valence-electron chi connectivity index (χ3n) is 5.34. The largest absolute Gasteiger partial charge is 0.340 e. The molecule has 0 radical (unpaired) electrons. The second-order valence-corrected chi connectivity index (χ2v) is 8.75. The second-order valence-electron chi connectivity index (χ2n) is 7.54. The summed E-state index contributed by atoms with van der Waals surface area (Å²) in [7, 11) is 0. The average molecular weight is 360 g/mol. The van der Waals surface area contributed by atoms with Gasteiger partial charge in [-0.2, -0.15) is 4.98 Å². The fourth-order valence-electron chi connectivity index (χ4n) is 4.01. The summed E-state index contributed by atoms with van der Waals surface area (Å²) in [6.45, 7) is 7.16. The van der Waals surface area contributed by atoms with Gasteiger partial charge in [-0.1, -0.05) is 18.0 Å². The topological polar surface area (TPSA) is 72.1 Å². The van der Waals surface area contributed by atoms with Crippen molar-refractivity contribution in [2.75, 3.05) is 13.1 Å². The van der Waals surface area contributed by atoms with E-state index < -0.39 is 0 Å². The molecule has 3 heterocycles. The Kier molecular flexibility index (Phi) is 4.14. The van der Waals surface area contributed by atoms with Crippen molar-refractivity contribution in [3.8, 4) is 0 Å². The molecule has 1 saturated carbocycles. The summed E-state index contributed by atoms with van der Waals surface area (Å²) in [5, 5.41) is 5.19. The van der Waals surface area contributed by atoms with Crippen molar-refractivity contribution in [3.63, 3.8) is 0 Å². The number of piperidine rings is 1. The molecule has 0 bridgehead atoms. The van der Waals surface area contributed by atoms with Gasteiger partial charge in [-0.05, 0) is 39.0 Å². The van der Waals surface area contributed by atoms with Gasteiger partial charge in [0.15, 0.2) is 5.82 Å². The monoisotopic (exact) mass is 360 g/mol. The number of nitrogens with zero attached hydrogens (tertiary/aromatic N) is 4. The van der Waals surface area contributed by atoms with Crippen molar-refractivity contribution in [2.45, 2.75) is 58.3 Å². The third kappa shape index (κ3) is 3.21. The van der Waals surface area contributed by atoms with E-state index in [-0.39, 0.29) is 11.3 Å². The van der Waals surface area contributed by atoms with Crippen molar-refractivity contribution in [1.29, 1.82) is 0 Å². The van der Waals surface area contributed by atoms with Crippen molar-refractivity contribution in [3.05, 3.63) is 27.3 Å². The van der Waals surface area contributed by atoms with Gasteiger partial charge >= 0.3 is 0 Å². The first-order chi connectivity index (χ1) is 12.0. The van der Waals surface area contributed by atoms with Gasteiger partial charge in [0.1, 0.15) is 4.88 Å². The Balaban J connectivity index is 1.62. The van der Waals surface area contributed by atoms with E-state index in [0.717, 1.165) is 53.1 Å². The van der Waals surface area contributed by atoms with Gasteiger partial charge in [0.2, 0.25) is 5.89 Å². The zero-order valence-electron chi connectivity index (χ0n) is 15.0. The highest BCUT2D eigenvalue weighted by atomic mass is 32.1. The number of rotatable bonds is 4. The van der Waals surface area contributed by atoms with Crippen LogP contribution in [-0.4, -0.2) is 39.0 Å². The maximum absolute atomic E-state index is 13.1. The molecule has 6 nitrogen and oxygen atoms in total. The molecule has 2 aromatic heterocycles. The van der Waals surface area contributed by atoms with E-state index in [2.05, 4.69) is 15.1 Å². The Hall–Kier alpha value is -1.76. The van der Waals surface area contributed by atoms with Gasteiger partial charge in [-0.25, -0.2) is 4.98 Å². The predicted octanol–water partition coefficient (Wildman–Crippen LogP) is 3.43. The predicted molar refractivity (Wildman–Crippen MR) is 94.8 cm³/mol. The van der Waals surface area contributed by atoms with Crippen LogP contribution in [0, 0.1) is 26.7 Å². The van der Waals surface area contributed by atoms with Crippen LogP contribution in [0.3, 0.4) is 0 Å². The van der Waals surface area contributed by atoms with E-state index in [1.807, 2.05) is 25.7 Å². The molecule has 0 aromatic carbocycles. The summed E-state index contributed by atoms with van der Waals surface area (Å²) in [5.41, 5.74) is 0.668. The minimum Gasteiger partial charge on any atom is -0.340 e. The molecule has 1 amide bonds. The van der Waals surface area contributed by atoms with Crippen LogP contribution in [0.15, 0.2) is 4.52 Å². The molecule has 1 saturated heterocycles. The molecule has 1 aliphatic carbocycles. The van der Waals surface area contributed by atoms with Crippen LogP contribution in [0.1, 0.15) is 64.2 Å². The number of carbonyl (C=O) groups excluding carboxylic acids is 1. The highest BCUT2D eigenvalue weighted by molar-refractivity contribution is 7.13. The van der Waals surface area contributed by atoms with Crippen LogP contribution in [0.4, 0.5) is 0 Å². The SMILES string of the molecule is Cc1nc(C2(CC3CC3)CCCN(C(=O)c3sc(C)nc3C)C2)no1. The molecular formula is C18H24N4O2S. The molecular weight excluding hydrogens is 336 g/mol. The van der Waals surface area contributed by atoms with E-state index in [1.54, 1.807) is 0 Å². The van der Waals surface area contributed by atoms with Crippen LogP contribution >= 0.6 is 11.3 Å². The van der Waals surface area contributed by atoms with Crippen molar-refractivity contribution in [2.24, 2.45) is 5.92 Å². The van der Waals surface area contributed by atoms with Crippen molar-refractivity contribution in [1.82, 2.24) is 20.0 Å². The fraction of sp³-hybridized carbons (Fsp3) is 0.667. The lowest BCUT2D eigenvalue weighted by atomic mass is 9.74. The summed E-state index contributed by atoms with van der Waals surface area (Å²) in [6, 6.07) is 0. The summed E-state index contributed by atoms with van der Waals surface area (Å²) >= 11 is 1.49. The molecule has 2 fully saturated rings. The Morgan fingerprint density at radius 1 is 1.32 bits per heavy atom. The first kappa shape index (κ1) is 16.7. The number of likely N-dealkylation sites (tertiary alicyclic amines) is 1. The lowest BCUT2D eigenvalue weighted by Gasteiger charge is -2.41. The Bertz CT molecular complexity index is 795. The van der Waals surface area contributed by atoms with Crippen LogP contribution in [0.25, 0.3) is 0 Å². The minimum atomic E-state index is -0.166. The van der Waals surface area contributed by atoms with Crippen molar-refractivity contribution >= 4 is 17.2 Å². The smallest absolute Gasteiger partial charge is 0.265 e. The molecule has 2 aliphatic rings. The number of hydrogen-bond acceptors (Lipinski definition) is 6. The van der Waals surface area contributed by atoms with Gasteiger partial charge in [0, 0.05) is 20.0 Å². The number of aromatic nitrogens is 3. The molecule has 1 unspecified atom stereocenters. The Morgan fingerprint density at radius 3 is 2.72 bits per heavy atom. The first-order valence-corrected chi connectivity index (χ1v) is 9.83. The molecule has 1 atom stereocenters. The molecule has 2 aromatic rings. The summed E-state index contributed by atoms with van der Waals surface area (Å²) < 4.78 is 5.28. The van der Waals surface area contributed by atoms with Gasteiger partial charge in [-0.3, -0.25) is 4.79 Å². The standard InChI is InChI=1S/C18H24N4O2S/c1-11-15(25-13(3)19-11)16(23)22-8-4-7-18(10-22,9-14-5-6-14)17-20-12(2)24-21-17/h14H,4-10H2,1-3H3. The maximum Gasteiger partial charge on any atom is 0.265 e. The summed E-state index contributed by atoms with van der Waals surface area (Å²) in [4.78, 5) is 24.8. The number of carbonyl (C=O) groups is 1. The first-order valence-electron chi connectivity index (χ1n) is 9.01. The van der Waals surface area contributed by atoms with Crippen LogP contribution in [0.2, 0.25) is 0 Å². The van der Waals surface area contributed by atoms with Crippen LogP contribution in [0.5, 0.6) is 0 Å². The number of amides is 1. The summed E-state index contributed by atoms with van der Waals surface area (Å²) in [5.74, 6) is 2.22. The fourth-order valence-corrected chi connectivity index (χ4v) is 4.90. The van der Waals surface area contributed by atoms with E-state index in [9.17, 15) is 4.79 Å².